The summed E-state index contributed by atoms with van der Waals surface area (Å²) in [7, 11) is 0. The first-order valence-electron chi connectivity index (χ1n) is 31.1. The molecule has 0 saturated heterocycles. The van der Waals surface area contributed by atoms with Crippen molar-refractivity contribution in [2.75, 3.05) is 6.61 Å². The zero-order chi connectivity index (χ0) is 51.6. The largest absolute Gasteiger partial charge is 0.462 e. The minimum absolute atomic E-state index is 0.0513. The van der Waals surface area contributed by atoms with Crippen LogP contribution in [0.15, 0.2) is 60.8 Å². The number of aliphatic hydroxyl groups is 2. The second kappa shape index (κ2) is 58.4. The lowest BCUT2D eigenvalue weighted by atomic mass is 10.0. The number of nitrogens with one attached hydrogen (secondary N) is 1. The van der Waals surface area contributed by atoms with Gasteiger partial charge in [-0.3, -0.25) is 9.59 Å². The number of carbonyl (C=O) groups is 2. The van der Waals surface area contributed by atoms with Gasteiger partial charge in [0.15, 0.2) is 0 Å². The fraction of sp³-hybridized carbons (Fsp3) is 0.815. The summed E-state index contributed by atoms with van der Waals surface area (Å²) in [6.45, 7) is 6.43. The van der Waals surface area contributed by atoms with Crippen molar-refractivity contribution < 1.29 is 24.5 Å². The van der Waals surface area contributed by atoms with Crippen LogP contribution in [0, 0.1) is 0 Å². The second-order valence-electron chi connectivity index (χ2n) is 21.2. The monoisotopic (exact) mass is 994 g/mol. The van der Waals surface area contributed by atoms with Gasteiger partial charge in [-0.25, -0.2) is 0 Å². The third-order valence-corrected chi connectivity index (χ3v) is 14.2. The van der Waals surface area contributed by atoms with Crippen LogP contribution in [0.25, 0.3) is 0 Å². The normalized spacial score (nSPS) is 13.5. The van der Waals surface area contributed by atoms with Gasteiger partial charge in [-0.2, -0.15) is 0 Å². The van der Waals surface area contributed by atoms with Gasteiger partial charge in [0.2, 0.25) is 5.91 Å². The van der Waals surface area contributed by atoms with Gasteiger partial charge in [-0.05, 0) is 44.9 Å². The Hall–Kier alpha value is -2.44. The molecule has 6 heteroatoms. The lowest BCUT2D eigenvalue weighted by Crippen LogP contribution is -2.46. The first-order valence-corrected chi connectivity index (χ1v) is 31.1. The Bertz CT molecular complexity index is 1250. The minimum Gasteiger partial charge on any atom is -0.462 e. The third-order valence-electron chi connectivity index (χ3n) is 14.2. The van der Waals surface area contributed by atoms with Crippen molar-refractivity contribution >= 4 is 11.9 Å². The van der Waals surface area contributed by atoms with Gasteiger partial charge in [-0.1, -0.05) is 319 Å². The smallest absolute Gasteiger partial charge is 0.306 e. The zero-order valence-corrected chi connectivity index (χ0v) is 47.4. The first-order chi connectivity index (χ1) is 35.0. The molecule has 414 valence electrons. The van der Waals surface area contributed by atoms with Crippen molar-refractivity contribution in [3.63, 3.8) is 0 Å². The highest BCUT2D eigenvalue weighted by Crippen LogP contribution is 2.19. The maximum absolute atomic E-state index is 13.3. The molecule has 71 heavy (non-hydrogen) atoms. The van der Waals surface area contributed by atoms with Crippen molar-refractivity contribution in [1.29, 1.82) is 0 Å². The lowest BCUT2D eigenvalue weighted by Gasteiger charge is -2.24. The molecule has 0 aliphatic heterocycles. The predicted molar refractivity (Wildman–Crippen MR) is 310 cm³/mol. The van der Waals surface area contributed by atoms with E-state index in [1.807, 2.05) is 30.4 Å². The summed E-state index contributed by atoms with van der Waals surface area (Å²) in [6.07, 6.45) is 74.4. The molecule has 3 N–H and O–H groups in total. The molecule has 0 aromatic heterocycles. The van der Waals surface area contributed by atoms with Gasteiger partial charge in [-0.15, -0.1) is 0 Å². The van der Waals surface area contributed by atoms with E-state index in [-0.39, 0.29) is 24.9 Å². The fourth-order valence-electron chi connectivity index (χ4n) is 9.52. The maximum atomic E-state index is 13.3. The molecular weight excluding hydrogens is 875 g/mol. The summed E-state index contributed by atoms with van der Waals surface area (Å²) >= 11 is 0. The molecular formula is C65H119NO5. The quantitative estimate of drug-likeness (QED) is 0.0321. The Balaban J connectivity index is 4.57. The summed E-state index contributed by atoms with van der Waals surface area (Å²) in [5.74, 6) is -0.501. The topological polar surface area (TPSA) is 95.9 Å². The molecule has 0 aromatic carbocycles. The maximum Gasteiger partial charge on any atom is 0.306 e. The number of hydrogen-bond donors (Lipinski definition) is 3. The number of unbranched alkanes of at least 4 members (excludes halogenated alkanes) is 38. The van der Waals surface area contributed by atoms with E-state index in [0.717, 1.165) is 70.6 Å². The molecule has 0 fully saturated rings. The Kier molecular flexibility index (Phi) is 56.4. The van der Waals surface area contributed by atoms with E-state index < -0.39 is 18.2 Å². The number of hydrogen-bond acceptors (Lipinski definition) is 5. The number of carbonyl (C=O) groups excluding carboxylic acids is 2. The molecule has 3 unspecified atom stereocenters. The van der Waals surface area contributed by atoms with E-state index in [2.05, 4.69) is 56.5 Å². The highest BCUT2D eigenvalue weighted by molar-refractivity contribution is 5.77. The molecule has 6 nitrogen and oxygen atoms in total. The molecule has 0 aliphatic carbocycles. The average molecular weight is 995 g/mol. The van der Waals surface area contributed by atoms with Crippen LogP contribution in [0.4, 0.5) is 0 Å². The van der Waals surface area contributed by atoms with Crippen molar-refractivity contribution in [1.82, 2.24) is 5.32 Å². The number of esters is 1. The molecule has 1 amide bonds. The van der Waals surface area contributed by atoms with E-state index in [1.54, 1.807) is 0 Å². The van der Waals surface area contributed by atoms with E-state index in [4.69, 9.17) is 4.74 Å². The van der Waals surface area contributed by atoms with E-state index in [0.29, 0.717) is 19.3 Å². The van der Waals surface area contributed by atoms with Crippen LogP contribution in [-0.4, -0.2) is 46.9 Å². The Morgan fingerprint density at radius 3 is 1.14 bits per heavy atom. The summed E-state index contributed by atoms with van der Waals surface area (Å²) in [5.41, 5.74) is 0. The highest BCUT2D eigenvalue weighted by atomic mass is 16.5. The van der Waals surface area contributed by atoms with Crippen molar-refractivity contribution in [3.8, 4) is 0 Å². The van der Waals surface area contributed by atoms with Crippen LogP contribution >= 0.6 is 0 Å². The molecule has 0 rings (SSSR count). The van der Waals surface area contributed by atoms with E-state index >= 15 is 0 Å². The summed E-state index contributed by atoms with van der Waals surface area (Å²) in [6, 6.07) is -0.718. The van der Waals surface area contributed by atoms with Crippen molar-refractivity contribution in [3.05, 3.63) is 60.8 Å². The minimum atomic E-state index is -0.802. The number of ether oxygens (including phenoxy) is 1. The van der Waals surface area contributed by atoms with Crippen LogP contribution in [0.1, 0.15) is 316 Å². The van der Waals surface area contributed by atoms with Crippen LogP contribution in [0.5, 0.6) is 0 Å². The van der Waals surface area contributed by atoms with Crippen LogP contribution in [0.3, 0.4) is 0 Å². The van der Waals surface area contributed by atoms with E-state index in [9.17, 15) is 19.8 Å². The summed E-state index contributed by atoms with van der Waals surface area (Å²) in [5, 5.41) is 23.9. The molecule has 0 aromatic rings. The molecule has 0 spiro atoms. The SMILES string of the molecule is CCC/C=C/C=C/C=C/C=C/C=C/CCCCCC(CC(=O)NC(CO)C(O)CCCCCCCCCCCCCCCCCCC)OC(=O)CCCCCCCCCCCCCCCCCCCCC. The second-order valence-corrected chi connectivity index (χ2v) is 21.2. The van der Waals surface area contributed by atoms with Crippen LogP contribution < -0.4 is 5.32 Å². The van der Waals surface area contributed by atoms with Gasteiger partial charge in [0.1, 0.15) is 6.10 Å². The zero-order valence-electron chi connectivity index (χ0n) is 47.4. The standard InChI is InChI=1S/C65H119NO5/c1-4-7-10-13-16-19-22-25-28-31-32-34-37-40-43-46-49-52-55-58-65(70)71-61(56-53-50-47-44-41-38-35-30-27-24-21-18-15-12-9-6-3)59-64(69)66-62(60-67)63(68)57-54-51-48-45-42-39-36-33-29-26-23-20-17-14-11-8-5-2/h12,15,18,21,24,27,30,35,38,41,61-63,67-68H,4-11,13-14,16-17,19-20,22-23,25-26,28-29,31-34,36-37,39-40,42-60H2,1-3H3,(H,66,69)/b15-12+,21-18+,27-24+,35-30+,41-38+. The van der Waals surface area contributed by atoms with Gasteiger partial charge < -0.3 is 20.3 Å². The van der Waals surface area contributed by atoms with Crippen molar-refractivity contribution in [2.24, 2.45) is 0 Å². The first kappa shape index (κ1) is 68.6. The van der Waals surface area contributed by atoms with Gasteiger partial charge in [0, 0.05) is 6.42 Å². The van der Waals surface area contributed by atoms with Crippen molar-refractivity contribution in [2.45, 2.75) is 334 Å². The lowest BCUT2D eigenvalue weighted by molar-refractivity contribution is -0.151. The number of amides is 1. The molecule has 0 bridgehead atoms. The predicted octanol–water partition coefficient (Wildman–Crippen LogP) is 19.5. The van der Waals surface area contributed by atoms with Crippen LogP contribution in [0.2, 0.25) is 0 Å². The Labute approximate surface area is 441 Å². The van der Waals surface area contributed by atoms with Crippen LogP contribution in [-0.2, 0) is 14.3 Å². The molecule has 0 radical (unpaired) electrons. The molecule has 0 aliphatic rings. The average Bonchev–Trinajstić information content (AvgIpc) is 3.36. The summed E-state index contributed by atoms with van der Waals surface area (Å²) < 4.78 is 5.96. The van der Waals surface area contributed by atoms with Gasteiger partial charge >= 0.3 is 5.97 Å². The summed E-state index contributed by atoms with van der Waals surface area (Å²) in [4.78, 5) is 26.4. The Morgan fingerprint density at radius 2 is 0.746 bits per heavy atom. The number of aliphatic hydroxyl groups excluding tert-OH is 2. The molecule has 0 heterocycles. The highest BCUT2D eigenvalue weighted by Gasteiger charge is 2.24. The van der Waals surface area contributed by atoms with Gasteiger partial charge in [0.25, 0.3) is 0 Å². The number of rotatable bonds is 56. The molecule has 0 saturated carbocycles. The van der Waals surface area contributed by atoms with E-state index in [1.165, 1.54) is 199 Å². The third kappa shape index (κ3) is 53.7. The van der Waals surface area contributed by atoms with Gasteiger partial charge in [0.05, 0.1) is 25.2 Å². The number of allylic oxidation sites excluding steroid dienone is 10. The Morgan fingerprint density at radius 1 is 0.408 bits per heavy atom. The fourth-order valence-corrected chi connectivity index (χ4v) is 9.52. The molecule has 3 atom stereocenters.